The molecule has 114 valence electrons. The van der Waals surface area contributed by atoms with Crippen LogP contribution >= 0.6 is 0 Å². The number of hydrogen-bond donors (Lipinski definition) is 3. The van der Waals surface area contributed by atoms with Gasteiger partial charge in [-0.3, -0.25) is 4.79 Å². The highest BCUT2D eigenvalue weighted by molar-refractivity contribution is 5.88. The lowest BCUT2D eigenvalue weighted by molar-refractivity contribution is -0.148. The zero-order valence-electron chi connectivity index (χ0n) is 12.2. The van der Waals surface area contributed by atoms with Gasteiger partial charge in [0, 0.05) is 6.04 Å². The van der Waals surface area contributed by atoms with Crippen LogP contribution in [0.15, 0.2) is 30.3 Å². The first-order valence-electron chi connectivity index (χ1n) is 7.32. The minimum absolute atomic E-state index is 0.296. The Bertz CT molecular complexity index is 510. The summed E-state index contributed by atoms with van der Waals surface area (Å²) in [6, 6.07) is 8.93. The molecule has 1 amide bonds. The Morgan fingerprint density at radius 2 is 1.81 bits per heavy atom. The molecule has 0 radical (unpaired) electrons. The van der Waals surface area contributed by atoms with Crippen LogP contribution in [0.5, 0.6) is 0 Å². The van der Waals surface area contributed by atoms with E-state index in [-0.39, 0.29) is 5.91 Å². The van der Waals surface area contributed by atoms with Crippen molar-refractivity contribution in [2.45, 2.75) is 44.2 Å². The molecule has 2 unspecified atom stereocenters. The lowest BCUT2D eigenvalue weighted by Crippen LogP contribution is -2.54. The van der Waals surface area contributed by atoms with Gasteiger partial charge in [0.05, 0.1) is 5.92 Å². The number of carboxylic acid groups (broad SMARTS) is 1. The fourth-order valence-electron chi connectivity index (χ4n) is 2.85. The summed E-state index contributed by atoms with van der Waals surface area (Å²) in [5.41, 5.74) is 5.89. The molecule has 1 aliphatic carbocycles. The van der Waals surface area contributed by atoms with Crippen LogP contribution < -0.4 is 11.1 Å². The van der Waals surface area contributed by atoms with Gasteiger partial charge in [-0.25, -0.2) is 4.79 Å². The summed E-state index contributed by atoms with van der Waals surface area (Å²) in [5.74, 6) is -1.73. The number of nitrogens with one attached hydrogen (secondary N) is 1. The largest absolute Gasteiger partial charge is 0.480 e. The van der Waals surface area contributed by atoms with Crippen molar-refractivity contribution in [1.29, 1.82) is 0 Å². The van der Waals surface area contributed by atoms with E-state index in [0.717, 1.165) is 18.4 Å². The van der Waals surface area contributed by atoms with Crippen molar-refractivity contribution in [3.05, 3.63) is 35.9 Å². The third-order valence-corrected chi connectivity index (χ3v) is 4.37. The second-order valence-electron chi connectivity index (χ2n) is 5.81. The van der Waals surface area contributed by atoms with E-state index >= 15 is 0 Å². The highest BCUT2D eigenvalue weighted by Crippen LogP contribution is 2.31. The summed E-state index contributed by atoms with van der Waals surface area (Å²) in [7, 11) is 0. The second-order valence-corrected chi connectivity index (χ2v) is 5.81. The average Bonchev–Trinajstić information content (AvgIpc) is 2.96. The Kier molecular flexibility index (Phi) is 4.63. The van der Waals surface area contributed by atoms with Gasteiger partial charge in [-0.2, -0.15) is 0 Å². The van der Waals surface area contributed by atoms with E-state index in [1.807, 2.05) is 30.3 Å². The van der Waals surface area contributed by atoms with E-state index in [1.165, 1.54) is 0 Å². The van der Waals surface area contributed by atoms with Gasteiger partial charge >= 0.3 is 5.97 Å². The lowest BCUT2D eigenvalue weighted by Gasteiger charge is -2.28. The number of carbonyl (C=O) groups is 2. The zero-order chi connectivity index (χ0) is 15.5. The summed E-state index contributed by atoms with van der Waals surface area (Å²) < 4.78 is 0. The summed E-state index contributed by atoms with van der Waals surface area (Å²) >= 11 is 0. The van der Waals surface area contributed by atoms with Gasteiger partial charge in [0.25, 0.3) is 0 Å². The maximum atomic E-state index is 12.4. The van der Waals surface area contributed by atoms with Crippen LogP contribution in [0.2, 0.25) is 0 Å². The molecule has 0 aliphatic heterocycles. The maximum Gasteiger partial charge on any atom is 0.329 e. The molecule has 21 heavy (non-hydrogen) atoms. The van der Waals surface area contributed by atoms with Crippen LogP contribution in [-0.2, 0) is 9.59 Å². The number of aliphatic carboxylic acids is 1. The Balaban J connectivity index is 2.07. The van der Waals surface area contributed by atoms with E-state index in [1.54, 1.807) is 6.92 Å². The van der Waals surface area contributed by atoms with Gasteiger partial charge < -0.3 is 16.2 Å². The quantitative estimate of drug-likeness (QED) is 0.771. The number of hydrogen-bond acceptors (Lipinski definition) is 3. The summed E-state index contributed by atoms with van der Waals surface area (Å²) in [6.07, 6.45) is 2.63. The van der Waals surface area contributed by atoms with Gasteiger partial charge in [0.1, 0.15) is 5.54 Å². The molecule has 4 N–H and O–H groups in total. The van der Waals surface area contributed by atoms with Gasteiger partial charge in [-0.1, -0.05) is 50.1 Å². The number of rotatable bonds is 5. The molecule has 0 spiro atoms. The van der Waals surface area contributed by atoms with Crippen LogP contribution in [0.25, 0.3) is 0 Å². The van der Waals surface area contributed by atoms with E-state index < -0.39 is 23.5 Å². The molecule has 1 saturated carbocycles. The Hall–Kier alpha value is -1.88. The molecule has 1 aromatic rings. The Labute approximate surface area is 124 Å². The predicted molar refractivity (Wildman–Crippen MR) is 79.5 cm³/mol. The van der Waals surface area contributed by atoms with E-state index in [0.29, 0.717) is 12.8 Å². The molecule has 2 atom stereocenters. The van der Waals surface area contributed by atoms with E-state index in [9.17, 15) is 14.7 Å². The average molecular weight is 290 g/mol. The van der Waals surface area contributed by atoms with Crippen molar-refractivity contribution in [1.82, 2.24) is 5.32 Å². The molecule has 0 saturated heterocycles. The first-order valence-corrected chi connectivity index (χ1v) is 7.32. The lowest BCUT2D eigenvalue weighted by atomic mass is 9.91. The standard InChI is InChI=1S/C16H22N2O3/c1-11(13(17)12-7-3-2-4-8-12)14(19)18-16(15(20)21)9-5-6-10-16/h2-4,7-8,11,13H,5-6,9-10,17H2,1H3,(H,18,19)(H,20,21). The fourth-order valence-corrected chi connectivity index (χ4v) is 2.85. The van der Waals surface area contributed by atoms with Crippen molar-refractivity contribution < 1.29 is 14.7 Å². The number of carboxylic acids is 1. The molecule has 0 bridgehead atoms. The third kappa shape index (κ3) is 3.24. The minimum Gasteiger partial charge on any atom is -0.480 e. The predicted octanol–water partition coefficient (Wildman–Crippen LogP) is 1.84. The number of carbonyl (C=O) groups excluding carboxylic acids is 1. The van der Waals surface area contributed by atoms with Crippen molar-refractivity contribution >= 4 is 11.9 Å². The fraction of sp³-hybridized carbons (Fsp3) is 0.500. The first-order chi connectivity index (χ1) is 9.96. The monoisotopic (exact) mass is 290 g/mol. The third-order valence-electron chi connectivity index (χ3n) is 4.37. The van der Waals surface area contributed by atoms with Crippen LogP contribution in [0.4, 0.5) is 0 Å². The summed E-state index contributed by atoms with van der Waals surface area (Å²) in [4.78, 5) is 23.8. The van der Waals surface area contributed by atoms with Gasteiger partial charge in [-0.05, 0) is 18.4 Å². The molecular weight excluding hydrogens is 268 g/mol. The molecule has 1 aromatic carbocycles. The van der Waals surface area contributed by atoms with Crippen LogP contribution in [0.1, 0.15) is 44.2 Å². The van der Waals surface area contributed by atoms with Gasteiger partial charge in [0.15, 0.2) is 0 Å². The molecule has 1 aliphatic rings. The SMILES string of the molecule is CC(C(=O)NC1(C(=O)O)CCCC1)C(N)c1ccccc1. The zero-order valence-corrected chi connectivity index (χ0v) is 12.2. The van der Waals surface area contributed by atoms with E-state index in [4.69, 9.17) is 5.73 Å². The second kappa shape index (κ2) is 6.26. The first kappa shape index (κ1) is 15.5. The van der Waals surface area contributed by atoms with Crippen LogP contribution in [0.3, 0.4) is 0 Å². The number of nitrogens with two attached hydrogens (primary N) is 1. The highest BCUT2D eigenvalue weighted by Gasteiger charge is 2.43. The topological polar surface area (TPSA) is 92.4 Å². The Morgan fingerprint density at radius 1 is 1.24 bits per heavy atom. The van der Waals surface area contributed by atoms with Crippen molar-refractivity contribution in [3.63, 3.8) is 0 Å². The normalized spacial score (nSPS) is 19.7. The van der Waals surface area contributed by atoms with Gasteiger partial charge in [0.2, 0.25) is 5.91 Å². The molecule has 5 heteroatoms. The van der Waals surface area contributed by atoms with Gasteiger partial charge in [-0.15, -0.1) is 0 Å². The van der Waals surface area contributed by atoms with Crippen molar-refractivity contribution in [3.8, 4) is 0 Å². The molecule has 0 heterocycles. The molecule has 2 rings (SSSR count). The molecular formula is C16H22N2O3. The van der Waals surface area contributed by atoms with Crippen molar-refractivity contribution in [2.75, 3.05) is 0 Å². The van der Waals surface area contributed by atoms with Crippen LogP contribution in [0, 0.1) is 5.92 Å². The molecule has 0 aromatic heterocycles. The van der Waals surface area contributed by atoms with Crippen LogP contribution in [-0.4, -0.2) is 22.5 Å². The molecule has 1 fully saturated rings. The molecule has 5 nitrogen and oxygen atoms in total. The van der Waals surface area contributed by atoms with Crippen molar-refractivity contribution in [2.24, 2.45) is 11.7 Å². The number of benzene rings is 1. The smallest absolute Gasteiger partial charge is 0.329 e. The maximum absolute atomic E-state index is 12.4. The Morgan fingerprint density at radius 3 is 2.33 bits per heavy atom. The minimum atomic E-state index is -1.11. The summed E-state index contributed by atoms with van der Waals surface area (Å²) in [5, 5.41) is 12.1. The highest BCUT2D eigenvalue weighted by atomic mass is 16.4. The summed E-state index contributed by atoms with van der Waals surface area (Å²) in [6.45, 7) is 1.73. The number of amides is 1. The van der Waals surface area contributed by atoms with E-state index in [2.05, 4.69) is 5.32 Å².